The number of nitrogens with zero attached hydrogens (tertiary/aromatic N) is 2. The molecule has 3 heterocycles. The number of hydrogen-bond acceptors (Lipinski definition) is 2. The van der Waals surface area contributed by atoms with Crippen LogP contribution in [-0.2, 0) is 7.05 Å². The van der Waals surface area contributed by atoms with Crippen molar-refractivity contribution in [2.45, 2.75) is 26.9 Å². The van der Waals surface area contributed by atoms with E-state index in [1.165, 1.54) is 27.6 Å². The third-order valence-corrected chi connectivity index (χ3v) is 11.9. The lowest BCUT2D eigenvalue weighted by Crippen LogP contribution is -2.49. The highest BCUT2D eigenvalue weighted by molar-refractivity contribution is 7.03. The molecule has 3 nitrogen and oxygen atoms in total. The first-order chi connectivity index (χ1) is 20.4. The van der Waals surface area contributed by atoms with Crippen molar-refractivity contribution in [3.8, 4) is 39.6 Å². The zero-order valence-electron chi connectivity index (χ0n) is 26.3. The van der Waals surface area contributed by atoms with Gasteiger partial charge in [0.05, 0.1) is 17.2 Å². The summed E-state index contributed by atoms with van der Waals surface area (Å²) in [5.41, 5.74) is 8.54. The van der Waals surface area contributed by atoms with Crippen LogP contribution in [0, 0.1) is 25.1 Å². The Morgan fingerprint density at radius 1 is 0.872 bits per heavy atom. The number of fused-ring (bicyclic) bond motifs is 6. The van der Waals surface area contributed by atoms with Gasteiger partial charge in [0.15, 0.2) is 6.17 Å². The molecule has 1 aliphatic rings. The van der Waals surface area contributed by atoms with Crippen molar-refractivity contribution in [3.63, 3.8) is 0 Å². The van der Waals surface area contributed by atoms with Crippen LogP contribution in [0.3, 0.4) is 0 Å². The van der Waals surface area contributed by atoms with Gasteiger partial charge in [-0.15, -0.1) is 0 Å². The molecule has 0 bridgehead atoms. The van der Waals surface area contributed by atoms with Crippen molar-refractivity contribution in [1.29, 1.82) is 5.26 Å². The molecule has 0 radical (unpaired) electrons. The lowest BCUT2D eigenvalue weighted by Gasteiger charge is -2.19. The minimum Gasteiger partial charge on any atom is -0.454 e. The van der Waals surface area contributed by atoms with Gasteiger partial charge in [-0.25, -0.2) is 4.57 Å². The lowest BCUT2D eigenvalue weighted by molar-refractivity contribution is -0.660. The van der Waals surface area contributed by atoms with Gasteiger partial charge in [-0.1, -0.05) is 67.7 Å². The second-order valence-corrected chi connectivity index (χ2v) is 15.3. The fraction of sp³-hybridized carbons (Fsp3) is 0.143. The molecule has 0 atom stereocenters. The standard InChI is InChI=1S/C35H29N2OSi/c1-21-10-17-29(37(3)20-21)32-22(2)11-14-27-28-16-13-24(19-36)33(35(28)38-34(27)32)23-12-15-26-25-8-6-7-9-30(25)39(4,5)31(26)18-23/h6-18,20H,1-5H3/q+1/i1D3,20D. The number of hydrogen-bond donors (Lipinski definition) is 0. The number of furan rings is 1. The van der Waals surface area contributed by atoms with E-state index in [0.29, 0.717) is 22.4 Å². The molecule has 188 valence electrons. The molecule has 0 amide bonds. The fourth-order valence-corrected chi connectivity index (χ4v) is 9.47. The van der Waals surface area contributed by atoms with Gasteiger partial charge in [-0.2, -0.15) is 5.26 Å². The number of benzene rings is 4. The minimum absolute atomic E-state index is 0.000586. The zero-order chi connectivity index (χ0) is 30.4. The van der Waals surface area contributed by atoms with E-state index >= 15 is 0 Å². The first-order valence-electron chi connectivity index (χ1n) is 15.1. The normalized spacial score (nSPS) is 15.3. The van der Waals surface area contributed by atoms with Crippen molar-refractivity contribution < 1.29 is 14.5 Å². The van der Waals surface area contributed by atoms with Crippen LogP contribution < -0.4 is 14.9 Å². The van der Waals surface area contributed by atoms with Gasteiger partial charge < -0.3 is 4.42 Å². The van der Waals surface area contributed by atoms with Crippen molar-refractivity contribution >= 4 is 40.4 Å². The molecule has 0 aliphatic carbocycles. The number of aryl methyl sites for hydroxylation is 2. The van der Waals surface area contributed by atoms with Gasteiger partial charge in [0.2, 0.25) is 5.69 Å². The van der Waals surface area contributed by atoms with Gasteiger partial charge in [0, 0.05) is 32.1 Å². The Bertz CT molecular complexity index is 2210. The Hall–Kier alpha value is -4.46. The average Bonchev–Trinajstić information content (AvgIpc) is 3.46. The topological polar surface area (TPSA) is 40.8 Å². The van der Waals surface area contributed by atoms with Gasteiger partial charge in [-0.3, -0.25) is 0 Å². The third-order valence-electron chi connectivity index (χ3n) is 8.32. The molecule has 6 aromatic rings. The summed E-state index contributed by atoms with van der Waals surface area (Å²) in [7, 11) is -0.228. The van der Waals surface area contributed by atoms with Crippen LogP contribution in [0.15, 0.2) is 89.5 Å². The Kier molecular flexibility index (Phi) is 4.15. The molecule has 2 aromatic heterocycles. The second-order valence-electron chi connectivity index (χ2n) is 10.9. The molecule has 0 spiro atoms. The Morgan fingerprint density at radius 3 is 2.41 bits per heavy atom. The summed E-state index contributed by atoms with van der Waals surface area (Å²) in [6.45, 7) is 4.35. The average molecular weight is 526 g/mol. The summed E-state index contributed by atoms with van der Waals surface area (Å²) in [5.74, 6) is 0. The molecule has 0 saturated carbocycles. The summed E-state index contributed by atoms with van der Waals surface area (Å²) in [6.07, 6.45) is -0.0663. The summed E-state index contributed by atoms with van der Waals surface area (Å²) in [4.78, 5) is 0. The highest BCUT2D eigenvalue weighted by atomic mass is 28.3. The van der Waals surface area contributed by atoms with E-state index in [2.05, 4.69) is 61.6 Å². The quantitative estimate of drug-likeness (QED) is 0.180. The largest absolute Gasteiger partial charge is 0.454 e. The minimum atomic E-state index is -2.38. The van der Waals surface area contributed by atoms with Gasteiger partial charge in [0.1, 0.15) is 27.7 Å². The van der Waals surface area contributed by atoms with Crippen molar-refractivity contribution in [1.82, 2.24) is 0 Å². The molecular formula is C35H29N2OSi+. The first kappa shape index (κ1) is 19.6. The maximum atomic E-state index is 10.2. The lowest BCUT2D eigenvalue weighted by atomic mass is 9.94. The monoisotopic (exact) mass is 525 g/mol. The number of rotatable bonds is 2. The SMILES string of the molecule is [2H]c1c(C([2H])([2H])[2H])ccc(-c2c(C)ccc3c2oc2c(-c4ccc5c(c4)[Si](C)(C)c4ccccc4-5)c(C#N)ccc23)[n+]1C. The third kappa shape index (κ3) is 3.30. The van der Waals surface area contributed by atoms with Gasteiger partial charge in [0.25, 0.3) is 0 Å². The molecule has 39 heavy (non-hydrogen) atoms. The fourth-order valence-electron chi connectivity index (χ4n) is 6.36. The van der Waals surface area contributed by atoms with Crippen LogP contribution in [0.2, 0.25) is 13.1 Å². The second kappa shape index (κ2) is 8.27. The summed E-state index contributed by atoms with van der Waals surface area (Å²) in [5, 5.41) is 14.8. The van der Waals surface area contributed by atoms with Crippen LogP contribution in [-0.4, -0.2) is 8.07 Å². The van der Waals surface area contributed by atoms with Crippen molar-refractivity contribution in [2.75, 3.05) is 0 Å². The molecule has 7 rings (SSSR count). The summed E-state index contributed by atoms with van der Waals surface area (Å²) < 4.78 is 40.5. The van der Waals surface area contributed by atoms with E-state index in [0.717, 1.165) is 33.0 Å². The molecule has 0 unspecified atom stereocenters. The summed E-state index contributed by atoms with van der Waals surface area (Å²) >= 11 is 0. The highest BCUT2D eigenvalue weighted by Crippen LogP contribution is 2.42. The van der Waals surface area contributed by atoms with Crippen LogP contribution in [0.5, 0.6) is 0 Å². The molecule has 0 N–H and O–H groups in total. The van der Waals surface area contributed by atoms with Crippen molar-refractivity contribution in [3.05, 3.63) is 102 Å². The van der Waals surface area contributed by atoms with Crippen LogP contribution in [0.25, 0.3) is 55.4 Å². The Morgan fingerprint density at radius 2 is 1.62 bits per heavy atom. The molecule has 0 fully saturated rings. The smallest absolute Gasteiger partial charge is 0.216 e. The predicted octanol–water partition coefficient (Wildman–Crippen LogP) is 7.04. The number of nitriles is 1. The van der Waals surface area contributed by atoms with Crippen LogP contribution in [0.1, 0.15) is 22.2 Å². The molecular weight excluding hydrogens is 492 g/mol. The molecule has 0 saturated heterocycles. The van der Waals surface area contributed by atoms with Crippen molar-refractivity contribution in [2.24, 2.45) is 7.05 Å². The van der Waals surface area contributed by atoms with Gasteiger partial charge >= 0.3 is 0 Å². The van der Waals surface area contributed by atoms with E-state index in [1.807, 2.05) is 31.2 Å². The van der Waals surface area contributed by atoms with E-state index in [1.54, 1.807) is 17.7 Å². The molecule has 1 aliphatic heterocycles. The van der Waals surface area contributed by atoms with E-state index in [4.69, 9.17) is 9.90 Å². The van der Waals surface area contributed by atoms with Crippen LogP contribution >= 0.6 is 0 Å². The van der Waals surface area contributed by atoms with E-state index in [-0.39, 0.29) is 11.7 Å². The highest BCUT2D eigenvalue weighted by Gasteiger charge is 2.37. The molecule has 4 heteroatoms. The summed E-state index contributed by atoms with van der Waals surface area (Å²) in [6, 6.07) is 28.7. The predicted molar refractivity (Wildman–Crippen MR) is 162 cm³/mol. The Balaban J connectivity index is 1.50. The first-order valence-corrected chi connectivity index (χ1v) is 16.1. The van der Waals surface area contributed by atoms with E-state index in [9.17, 15) is 5.26 Å². The van der Waals surface area contributed by atoms with Crippen LogP contribution in [0.4, 0.5) is 0 Å². The van der Waals surface area contributed by atoms with E-state index < -0.39 is 14.9 Å². The maximum absolute atomic E-state index is 10.2. The maximum Gasteiger partial charge on any atom is 0.216 e. The number of aromatic nitrogens is 1. The molecule has 4 aromatic carbocycles. The van der Waals surface area contributed by atoms with Gasteiger partial charge in [-0.05, 0) is 64.6 Å². The zero-order valence-corrected chi connectivity index (χ0v) is 23.3. The number of pyridine rings is 1. The Labute approximate surface area is 235 Å².